The molecule has 1 heterocycles. The molecule has 0 saturated carbocycles. The molecule has 1 aromatic heterocycles. The second kappa shape index (κ2) is 5.97. The molecule has 0 saturated heterocycles. The normalized spacial score (nSPS) is 10.2. The summed E-state index contributed by atoms with van der Waals surface area (Å²) in [5.74, 6) is 0.278. The molecule has 0 unspecified atom stereocenters. The predicted octanol–water partition coefficient (Wildman–Crippen LogP) is 1.69. The molecule has 0 aliphatic heterocycles. The van der Waals surface area contributed by atoms with Crippen LogP contribution in [-0.4, -0.2) is 17.9 Å². The standard InChI is InChI=1S/C14H15N3O2/c1-16-9-10-4-2-5-11(8-10)19-14-12(13(15)18)6-3-7-17-14/h2-8,16H,9H2,1H3,(H2,15,18). The van der Waals surface area contributed by atoms with Crippen LogP contribution in [0.4, 0.5) is 0 Å². The van der Waals surface area contributed by atoms with Crippen LogP contribution in [0.25, 0.3) is 0 Å². The number of hydrogen-bond donors (Lipinski definition) is 2. The Labute approximate surface area is 111 Å². The number of carbonyl (C=O) groups excluding carboxylic acids is 1. The Balaban J connectivity index is 2.26. The summed E-state index contributed by atoms with van der Waals surface area (Å²) in [5, 5.41) is 3.06. The zero-order valence-corrected chi connectivity index (χ0v) is 10.6. The molecule has 2 aromatic rings. The van der Waals surface area contributed by atoms with E-state index >= 15 is 0 Å². The number of pyridine rings is 1. The van der Waals surface area contributed by atoms with E-state index in [1.165, 1.54) is 0 Å². The number of aromatic nitrogens is 1. The molecule has 5 heteroatoms. The minimum atomic E-state index is -0.561. The first kappa shape index (κ1) is 13.0. The number of carbonyl (C=O) groups is 1. The molecule has 0 atom stereocenters. The summed E-state index contributed by atoms with van der Waals surface area (Å²) < 4.78 is 5.62. The van der Waals surface area contributed by atoms with Crippen LogP contribution in [0.2, 0.25) is 0 Å². The van der Waals surface area contributed by atoms with Gasteiger partial charge in [-0.25, -0.2) is 4.98 Å². The highest BCUT2D eigenvalue weighted by atomic mass is 16.5. The molecule has 19 heavy (non-hydrogen) atoms. The van der Waals surface area contributed by atoms with Crippen molar-refractivity contribution in [3.8, 4) is 11.6 Å². The van der Waals surface area contributed by atoms with Crippen molar-refractivity contribution in [1.29, 1.82) is 0 Å². The topological polar surface area (TPSA) is 77.2 Å². The van der Waals surface area contributed by atoms with Crippen molar-refractivity contribution in [2.75, 3.05) is 7.05 Å². The van der Waals surface area contributed by atoms with Crippen molar-refractivity contribution in [3.05, 3.63) is 53.7 Å². The summed E-state index contributed by atoms with van der Waals surface area (Å²) >= 11 is 0. The third kappa shape index (κ3) is 3.29. The van der Waals surface area contributed by atoms with E-state index in [4.69, 9.17) is 10.5 Å². The van der Waals surface area contributed by atoms with Gasteiger partial charge in [-0.1, -0.05) is 12.1 Å². The predicted molar refractivity (Wildman–Crippen MR) is 72.0 cm³/mol. The van der Waals surface area contributed by atoms with Crippen LogP contribution >= 0.6 is 0 Å². The maximum Gasteiger partial charge on any atom is 0.254 e. The molecule has 2 rings (SSSR count). The van der Waals surface area contributed by atoms with Gasteiger partial charge < -0.3 is 15.8 Å². The molecule has 0 bridgehead atoms. The summed E-state index contributed by atoms with van der Waals surface area (Å²) in [7, 11) is 1.87. The molecular weight excluding hydrogens is 242 g/mol. The first-order valence-corrected chi connectivity index (χ1v) is 5.87. The second-order valence-corrected chi connectivity index (χ2v) is 4.00. The Morgan fingerprint density at radius 3 is 2.95 bits per heavy atom. The van der Waals surface area contributed by atoms with Crippen LogP contribution in [0.1, 0.15) is 15.9 Å². The lowest BCUT2D eigenvalue weighted by Crippen LogP contribution is -2.12. The van der Waals surface area contributed by atoms with Crippen LogP contribution in [0.5, 0.6) is 11.6 Å². The average molecular weight is 257 g/mol. The number of rotatable bonds is 5. The van der Waals surface area contributed by atoms with Crippen molar-refractivity contribution in [1.82, 2.24) is 10.3 Å². The molecule has 1 aromatic carbocycles. The maximum absolute atomic E-state index is 11.3. The summed E-state index contributed by atoms with van der Waals surface area (Å²) in [6.45, 7) is 0.738. The fourth-order valence-corrected chi connectivity index (χ4v) is 1.69. The number of benzene rings is 1. The summed E-state index contributed by atoms with van der Waals surface area (Å²) in [5.41, 5.74) is 6.62. The molecule has 5 nitrogen and oxygen atoms in total. The zero-order chi connectivity index (χ0) is 13.7. The molecular formula is C14H15N3O2. The third-order valence-electron chi connectivity index (χ3n) is 2.53. The van der Waals surface area contributed by atoms with Crippen LogP contribution in [-0.2, 0) is 6.54 Å². The Kier molecular flexibility index (Phi) is 4.10. The lowest BCUT2D eigenvalue weighted by molar-refractivity contribution is 0.0997. The van der Waals surface area contributed by atoms with Gasteiger partial charge in [-0.3, -0.25) is 4.79 Å². The summed E-state index contributed by atoms with van der Waals surface area (Å²) in [4.78, 5) is 15.3. The lowest BCUT2D eigenvalue weighted by atomic mass is 10.2. The van der Waals surface area contributed by atoms with E-state index in [2.05, 4.69) is 10.3 Å². The molecule has 98 valence electrons. The van der Waals surface area contributed by atoms with Gasteiger partial charge in [0.2, 0.25) is 5.88 Å². The number of hydrogen-bond acceptors (Lipinski definition) is 4. The fraction of sp³-hybridized carbons (Fsp3) is 0.143. The minimum absolute atomic E-state index is 0.219. The van der Waals surface area contributed by atoms with E-state index in [9.17, 15) is 4.79 Å². The van der Waals surface area contributed by atoms with Crippen molar-refractivity contribution in [2.45, 2.75) is 6.54 Å². The maximum atomic E-state index is 11.3. The van der Waals surface area contributed by atoms with E-state index < -0.39 is 5.91 Å². The van der Waals surface area contributed by atoms with Crippen molar-refractivity contribution >= 4 is 5.91 Å². The number of nitrogens with two attached hydrogens (primary N) is 1. The average Bonchev–Trinajstić information content (AvgIpc) is 2.40. The molecule has 0 fully saturated rings. The largest absolute Gasteiger partial charge is 0.438 e. The van der Waals surface area contributed by atoms with Crippen molar-refractivity contribution in [2.24, 2.45) is 5.73 Å². The highest BCUT2D eigenvalue weighted by Crippen LogP contribution is 2.23. The molecule has 0 radical (unpaired) electrons. The number of ether oxygens (including phenoxy) is 1. The van der Waals surface area contributed by atoms with Crippen LogP contribution in [0.3, 0.4) is 0 Å². The molecule has 0 spiro atoms. The Hall–Kier alpha value is -2.40. The van der Waals surface area contributed by atoms with E-state index in [1.807, 2.05) is 25.2 Å². The Morgan fingerprint density at radius 2 is 2.21 bits per heavy atom. The second-order valence-electron chi connectivity index (χ2n) is 4.00. The summed E-state index contributed by atoms with van der Waals surface area (Å²) in [6.07, 6.45) is 1.55. The van der Waals surface area contributed by atoms with Gasteiger partial charge in [-0.15, -0.1) is 0 Å². The number of nitrogens with one attached hydrogen (secondary N) is 1. The van der Waals surface area contributed by atoms with Gasteiger partial charge in [0.25, 0.3) is 5.91 Å². The van der Waals surface area contributed by atoms with E-state index in [-0.39, 0.29) is 11.4 Å². The monoisotopic (exact) mass is 257 g/mol. The third-order valence-corrected chi connectivity index (χ3v) is 2.53. The highest BCUT2D eigenvalue weighted by molar-refractivity contribution is 5.95. The lowest BCUT2D eigenvalue weighted by Gasteiger charge is -2.09. The van der Waals surface area contributed by atoms with Gasteiger partial charge in [-0.2, -0.15) is 0 Å². The summed E-state index contributed by atoms with van der Waals surface area (Å²) in [6, 6.07) is 10.8. The number of nitrogens with zero attached hydrogens (tertiary/aromatic N) is 1. The van der Waals surface area contributed by atoms with Crippen LogP contribution in [0, 0.1) is 0 Å². The minimum Gasteiger partial charge on any atom is -0.438 e. The van der Waals surface area contributed by atoms with E-state index in [1.54, 1.807) is 24.4 Å². The van der Waals surface area contributed by atoms with Gasteiger partial charge >= 0.3 is 0 Å². The van der Waals surface area contributed by atoms with Crippen LogP contribution < -0.4 is 15.8 Å². The SMILES string of the molecule is CNCc1cccc(Oc2ncccc2C(N)=O)c1. The molecule has 3 N–H and O–H groups in total. The number of amides is 1. The van der Waals surface area contributed by atoms with Gasteiger partial charge in [0.05, 0.1) is 0 Å². The fourth-order valence-electron chi connectivity index (χ4n) is 1.69. The van der Waals surface area contributed by atoms with Gasteiger partial charge in [-0.05, 0) is 36.9 Å². The smallest absolute Gasteiger partial charge is 0.254 e. The molecule has 1 amide bonds. The van der Waals surface area contributed by atoms with Gasteiger partial charge in [0, 0.05) is 12.7 Å². The van der Waals surface area contributed by atoms with Gasteiger partial charge in [0.15, 0.2) is 0 Å². The first-order valence-electron chi connectivity index (χ1n) is 5.87. The van der Waals surface area contributed by atoms with Crippen molar-refractivity contribution in [3.63, 3.8) is 0 Å². The van der Waals surface area contributed by atoms with Gasteiger partial charge in [0.1, 0.15) is 11.3 Å². The molecule has 0 aliphatic rings. The highest BCUT2D eigenvalue weighted by Gasteiger charge is 2.10. The molecule has 0 aliphatic carbocycles. The zero-order valence-electron chi connectivity index (χ0n) is 10.6. The number of primary amides is 1. The van der Waals surface area contributed by atoms with Crippen LogP contribution in [0.15, 0.2) is 42.6 Å². The quantitative estimate of drug-likeness (QED) is 0.854. The Bertz CT molecular complexity index is 584. The Morgan fingerprint density at radius 1 is 1.37 bits per heavy atom. The van der Waals surface area contributed by atoms with Crippen molar-refractivity contribution < 1.29 is 9.53 Å². The van der Waals surface area contributed by atoms with E-state index in [0.717, 1.165) is 12.1 Å². The van der Waals surface area contributed by atoms with E-state index in [0.29, 0.717) is 5.75 Å². The first-order chi connectivity index (χ1) is 9.20.